The lowest BCUT2D eigenvalue weighted by molar-refractivity contribution is 1.17. The Hall–Kier alpha value is -7.98. The maximum Gasteiger partial charge on any atom is 0.180 e. The molecular formula is C60H42N2Si. The zero-order valence-electron chi connectivity index (χ0n) is 34.6. The van der Waals surface area contributed by atoms with E-state index in [4.69, 9.17) is 0 Å². The van der Waals surface area contributed by atoms with Crippen molar-refractivity contribution in [3.63, 3.8) is 0 Å². The van der Waals surface area contributed by atoms with Gasteiger partial charge in [-0.25, -0.2) is 0 Å². The first kappa shape index (κ1) is 36.8. The van der Waals surface area contributed by atoms with Crippen LogP contribution in [-0.2, 0) is 0 Å². The van der Waals surface area contributed by atoms with Crippen LogP contribution < -0.4 is 20.7 Å². The third-order valence-electron chi connectivity index (χ3n) is 13.1. The first-order valence-corrected chi connectivity index (χ1v) is 23.8. The Bertz CT molecular complexity index is 3550. The van der Waals surface area contributed by atoms with Crippen molar-refractivity contribution in [2.75, 3.05) is 0 Å². The van der Waals surface area contributed by atoms with Gasteiger partial charge in [0.05, 0.1) is 27.8 Å². The highest BCUT2D eigenvalue weighted by molar-refractivity contribution is 7.20. The minimum Gasteiger partial charge on any atom is -0.309 e. The van der Waals surface area contributed by atoms with Crippen LogP contribution in [0.3, 0.4) is 0 Å². The average molecular weight is 819 g/mol. The first-order chi connectivity index (χ1) is 31.3. The fourth-order valence-corrected chi connectivity index (χ4v) is 15.4. The minimum atomic E-state index is -2.96. The maximum absolute atomic E-state index is 2.96. The predicted molar refractivity (Wildman–Crippen MR) is 270 cm³/mol. The fraction of sp³-hybridized carbons (Fsp3) is 0. The molecule has 0 radical (unpaired) electrons. The molecule has 0 aliphatic carbocycles. The van der Waals surface area contributed by atoms with Crippen LogP contribution in [0.25, 0.3) is 77.2 Å². The zero-order valence-corrected chi connectivity index (χ0v) is 35.6. The Morgan fingerprint density at radius 2 is 0.778 bits per heavy atom. The number of nitrogens with zero attached hydrogens (tertiary/aromatic N) is 2. The van der Waals surface area contributed by atoms with Gasteiger partial charge in [-0.15, -0.1) is 0 Å². The molecule has 0 unspecified atom stereocenters. The van der Waals surface area contributed by atoms with E-state index in [9.17, 15) is 0 Å². The van der Waals surface area contributed by atoms with Gasteiger partial charge in [-0.1, -0.05) is 212 Å². The second-order valence-electron chi connectivity index (χ2n) is 16.4. The van der Waals surface area contributed by atoms with Crippen LogP contribution >= 0.6 is 0 Å². The Morgan fingerprint density at radius 3 is 1.46 bits per heavy atom. The number of hydrogen-bond acceptors (Lipinski definition) is 0. The maximum atomic E-state index is 2.51. The largest absolute Gasteiger partial charge is 0.309 e. The summed E-state index contributed by atoms with van der Waals surface area (Å²) in [5.41, 5.74) is 11.9. The summed E-state index contributed by atoms with van der Waals surface area (Å²) in [5, 5.41) is 10.5. The van der Waals surface area contributed by atoms with Crippen LogP contribution in [0.4, 0.5) is 0 Å². The van der Waals surface area contributed by atoms with E-state index >= 15 is 0 Å². The van der Waals surface area contributed by atoms with Gasteiger partial charge < -0.3 is 9.13 Å². The lowest BCUT2D eigenvalue weighted by atomic mass is 10.0. The molecule has 12 aromatic rings. The SMILES string of the molecule is c1ccc(-c2ccc([Si](c3ccccc3)(c3ccccc3)c3cccc4c3c3ccccc3n4-c3ccc4c(c3)c3ccccc3n4-c3ccccc3-c3ccccc3)cc2)cc1. The molecule has 2 aromatic heterocycles. The molecule has 3 heteroatoms. The number of aromatic nitrogens is 2. The highest BCUT2D eigenvalue weighted by atomic mass is 28.3. The molecule has 12 rings (SSSR count). The molecule has 0 spiro atoms. The van der Waals surface area contributed by atoms with E-state index in [0.29, 0.717) is 0 Å². The first-order valence-electron chi connectivity index (χ1n) is 21.8. The number of rotatable bonds is 8. The molecule has 0 bridgehead atoms. The van der Waals surface area contributed by atoms with Gasteiger partial charge in [-0.2, -0.15) is 0 Å². The lowest BCUT2D eigenvalue weighted by Crippen LogP contribution is -2.74. The molecule has 0 N–H and O–H groups in total. The van der Waals surface area contributed by atoms with Gasteiger partial charge in [-0.3, -0.25) is 0 Å². The fourth-order valence-electron chi connectivity index (χ4n) is 10.4. The van der Waals surface area contributed by atoms with Crippen molar-refractivity contribution in [2.45, 2.75) is 0 Å². The van der Waals surface area contributed by atoms with Crippen molar-refractivity contribution < 1.29 is 0 Å². The van der Waals surface area contributed by atoms with Crippen LogP contribution in [0, 0.1) is 0 Å². The summed E-state index contributed by atoms with van der Waals surface area (Å²) in [6.07, 6.45) is 0. The summed E-state index contributed by atoms with van der Waals surface area (Å²) in [4.78, 5) is 0. The summed E-state index contributed by atoms with van der Waals surface area (Å²) in [6, 6.07) is 94.3. The van der Waals surface area contributed by atoms with E-state index in [-0.39, 0.29) is 0 Å². The smallest absolute Gasteiger partial charge is 0.180 e. The van der Waals surface area contributed by atoms with Crippen molar-refractivity contribution in [1.82, 2.24) is 9.13 Å². The molecule has 2 heterocycles. The van der Waals surface area contributed by atoms with Gasteiger partial charge >= 0.3 is 0 Å². The van der Waals surface area contributed by atoms with Gasteiger partial charge in [0.2, 0.25) is 0 Å². The summed E-state index contributed by atoms with van der Waals surface area (Å²) >= 11 is 0. The summed E-state index contributed by atoms with van der Waals surface area (Å²) < 4.78 is 4.95. The van der Waals surface area contributed by atoms with Gasteiger partial charge in [0, 0.05) is 32.8 Å². The van der Waals surface area contributed by atoms with E-state index in [0.717, 1.165) is 5.69 Å². The van der Waals surface area contributed by atoms with E-state index in [1.165, 1.54) is 92.3 Å². The molecule has 0 saturated heterocycles. The van der Waals surface area contributed by atoms with E-state index in [2.05, 4.69) is 264 Å². The second kappa shape index (κ2) is 15.2. The lowest BCUT2D eigenvalue weighted by Gasteiger charge is -2.35. The monoisotopic (exact) mass is 818 g/mol. The normalized spacial score (nSPS) is 11.8. The second-order valence-corrected chi connectivity index (χ2v) is 20.2. The number of fused-ring (bicyclic) bond motifs is 6. The van der Waals surface area contributed by atoms with Crippen molar-refractivity contribution in [1.29, 1.82) is 0 Å². The highest BCUT2D eigenvalue weighted by Crippen LogP contribution is 2.39. The van der Waals surface area contributed by atoms with Crippen molar-refractivity contribution in [3.05, 3.63) is 255 Å². The predicted octanol–water partition coefficient (Wildman–Crippen LogP) is 12.6. The molecule has 0 atom stereocenters. The summed E-state index contributed by atoms with van der Waals surface area (Å²) in [5.74, 6) is 0. The van der Waals surface area contributed by atoms with Gasteiger partial charge in [0.25, 0.3) is 0 Å². The quantitative estimate of drug-likeness (QED) is 0.107. The highest BCUT2D eigenvalue weighted by Gasteiger charge is 2.43. The number of para-hydroxylation sites is 3. The van der Waals surface area contributed by atoms with E-state index < -0.39 is 8.07 Å². The Labute approximate surface area is 368 Å². The topological polar surface area (TPSA) is 9.86 Å². The number of benzene rings is 10. The molecule has 10 aromatic carbocycles. The van der Waals surface area contributed by atoms with Crippen LogP contribution in [0.15, 0.2) is 255 Å². The third-order valence-corrected chi connectivity index (χ3v) is 17.9. The molecular weight excluding hydrogens is 777 g/mol. The molecule has 63 heavy (non-hydrogen) atoms. The average Bonchev–Trinajstić information content (AvgIpc) is 3.88. The van der Waals surface area contributed by atoms with Crippen LogP contribution in [0.2, 0.25) is 0 Å². The van der Waals surface area contributed by atoms with Crippen LogP contribution in [0.5, 0.6) is 0 Å². The van der Waals surface area contributed by atoms with E-state index in [1.807, 2.05) is 0 Å². The third kappa shape index (κ3) is 5.85. The number of hydrogen-bond donors (Lipinski definition) is 0. The van der Waals surface area contributed by atoms with E-state index in [1.54, 1.807) is 0 Å². The molecule has 0 fully saturated rings. The Balaban J connectivity index is 1.13. The van der Waals surface area contributed by atoms with Gasteiger partial charge in [0.1, 0.15) is 0 Å². The standard InChI is InChI=1S/C60H42N2Si/c1-5-20-43(21-6-1)44-36-39-49(40-37-44)63(47-24-9-3-10-25-47,48-26-11-4-12-27-48)59-35-19-34-58-60(59)52-30-15-18-33-56(52)61(58)46-38-41-57-53(42-46)51-29-14-17-32-55(51)62(57)54-31-16-13-28-50(54)45-22-7-2-8-23-45/h1-42H. The molecule has 296 valence electrons. The summed E-state index contributed by atoms with van der Waals surface area (Å²) in [6.45, 7) is 0. The Morgan fingerprint density at radius 1 is 0.286 bits per heavy atom. The van der Waals surface area contributed by atoms with Gasteiger partial charge in [-0.05, 0) is 79.9 Å². The molecule has 0 aliphatic rings. The minimum absolute atomic E-state index is 1.14. The Kier molecular flexibility index (Phi) is 8.87. The molecule has 0 saturated carbocycles. The van der Waals surface area contributed by atoms with Crippen molar-refractivity contribution in [2.24, 2.45) is 0 Å². The molecule has 0 aliphatic heterocycles. The molecule has 2 nitrogen and oxygen atoms in total. The van der Waals surface area contributed by atoms with Crippen LogP contribution in [0.1, 0.15) is 0 Å². The van der Waals surface area contributed by atoms with Crippen molar-refractivity contribution in [3.8, 4) is 33.6 Å². The van der Waals surface area contributed by atoms with Crippen molar-refractivity contribution >= 4 is 72.4 Å². The summed E-state index contributed by atoms with van der Waals surface area (Å²) in [7, 11) is -2.96. The van der Waals surface area contributed by atoms with Crippen LogP contribution in [-0.4, -0.2) is 17.2 Å². The molecule has 0 amide bonds. The zero-order chi connectivity index (χ0) is 41.7. The van der Waals surface area contributed by atoms with Gasteiger partial charge in [0.15, 0.2) is 8.07 Å².